The molecule has 21 heavy (non-hydrogen) atoms. The fourth-order valence-corrected chi connectivity index (χ4v) is 2.55. The highest BCUT2D eigenvalue weighted by molar-refractivity contribution is 7.09. The Morgan fingerprint density at radius 3 is 2.90 bits per heavy atom. The van der Waals surface area contributed by atoms with Crippen LogP contribution in [0.1, 0.15) is 24.0 Å². The lowest BCUT2D eigenvalue weighted by molar-refractivity contribution is 0.953. The van der Waals surface area contributed by atoms with Crippen LogP contribution < -0.4 is 10.6 Å². The summed E-state index contributed by atoms with van der Waals surface area (Å²) in [6.45, 7) is 5.56. The van der Waals surface area contributed by atoms with Crippen molar-refractivity contribution in [2.45, 2.75) is 26.8 Å². The molecule has 0 atom stereocenters. The molecule has 3 aromatic heterocycles. The maximum absolute atomic E-state index is 4.50. The van der Waals surface area contributed by atoms with Crippen LogP contribution in [0, 0.1) is 6.92 Å². The molecule has 8 heteroatoms. The highest BCUT2D eigenvalue weighted by Gasteiger charge is 2.10. The Bertz CT molecular complexity index is 733. The van der Waals surface area contributed by atoms with Gasteiger partial charge in [-0.1, -0.05) is 6.92 Å². The van der Waals surface area contributed by atoms with Crippen LogP contribution in [-0.4, -0.2) is 31.5 Å². The van der Waals surface area contributed by atoms with Crippen molar-refractivity contribution in [2.24, 2.45) is 0 Å². The summed E-state index contributed by atoms with van der Waals surface area (Å²) < 4.78 is 0. The Balaban J connectivity index is 1.83. The molecule has 7 nitrogen and oxygen atoms in total. The van der Waals surface area contributed by atoms with Gasteiger partial charge < -0.3 is 15.6 Å². The predicted molar refractivity (Wildman–Crippen MR) is 84.6 cm³/mol. The first-order chi connectivity index (χ1) is 10.3. The molecule has 0 unspecified atom stereocenters. The average Bonchev–Trinajstić information content (AvgIpc) is 3.11. The second-order valence-electron chi connectivity index (χ2n) is 4.64. The third kappa shape index (κ3) is 3.10. The van der Waals surface area contributed by atoms with E-state index in [1.165, 1.54) is 0 Å². The first-order valence-electron chi connectivity index (χ1n) is 6.86. The Hall–Kier alpha value is -2.22. The minimum atomic E-state index is 0.591. The molecule has 0 aliphatic carbocycles. The van der Waals surface area contributed by atoms with Crippen LogP contribution in [0.3, 0.4) is 0 Å². The third-order valence-electron chi connectivity index (χ3n) is 2.92. The number of aryl methyl sites for hydroxylation is 1. The van der Waals surface area contributed by atoms with Gasteiger partial charge in [0.2, 0.25) is 5.95 Å². The largest absolute Gasteiger partial charge is 0.362 e. The maximum atomic E-state index is 4.50. The van der Waals surface area contributed by atoms with Crippen LogP contribution >= 0.6 is 11.3 Å². The van der Waals surface area contributed by atoms with E-state index >= 15 is 0 Å². The highest BCUT2D eigenvalue weighted by Crippen LogP contribution is 2.19. The number of nitrogens with one attached hydrogen (secondary N) is 3. The highest BCUT2D eigenvalue weighted by atomic mass is 32.1. The van der Waals surface area contributed by atoms with Gasteiger partial charge in [0.05, 0.1) is 23.6 Å². The number of hydrogen-bond donors (Lipinski definition) is 3. The Kier molecular flexibility index (Phi) is 3.96. The number of imidazole rings is 1. The normalized spacial score (nSPS) is 11.0. The summed E-state index contributed by atoms with van der Waals surface area (Å²) in [4.78, 5) is 20.6. The molecule has 3 aromatic rings. The van der Waals surface area contributed by atoms with Crippen LogP contribution in [0.5, 0.6) is 0 Å². The minimum Gasteiger partial charge on any atom is -0.362 e. The molecule has 0 aromatic carbocycles. The summed E-state index contributed by atoms with van der Waals surface area (Å²) in [5.41, 5.74) is 2.47. The molecule has 0 bridgehead atoms. The van der Waals surface area contributed by atoms with E-state index < -0.39 is 0 Å². The Labute approximate surface area is 126 Å². The lowest BCUT2D eigenvalue weighted by atomic mass is 10.4. The predicted octanol–water partition coefficient (Wildman–Crippen LogP) is 2.55. The van der Waals surface area contributed by atoms with Crippen LogP contribution in [-0.2, 0) is 6.54 Å². The number of anilines is 2. The molecule has 0 spiro atoms. The maximum Gasteiger partial charge on any atom is 0.226 e. The monoisotopic (exact) mass is 303 g/mol. The Morgan fingerprint density at radius 1 is 1.24 bits per heavy atom. The van der Waals surface area contributed by atoms with Crippen molar-refractivity contribution in [3.63, 3.8) is 0 Å². The van der Waals surface area contributed by atoms with Crippen molar-refractivity contribution in [2.75, 3.05) is 17.2 Å². The molecule has 3 heterocycles. The van der Waals surface area contributed by atoms with E-state index in [-0.39, 0.29) is 0 Å². The van der Waals surface area contributed by atoms with E-state index in [0.717, 1.165) is 35.0 Å². The van der Waals surface area contributed by atoms with Gasteiger partial charge in [-0.2, -0.15) is 9.97 Å². The van der Waals surface area contributed by atoms with Crippen molar-refractivity contribution in [1.82, 2.24) is 24.9 Å². The zero-order valence-corrected chi connectivity index (χ0v) is 12.8. The van der Waals surface area contributed by atoms with Crippen molar-refractivity contribution >= 4 is 34.3 Å². The number of fused-ring (bicyclic) bond motifs is 1. The van der Waals surface area contributed by atoms with E-state index in [2.05, 4.69) is 42.5 Å². The van der Waals surface area contributed by atoms with Gasteiger partial charge >= 0.3 is 0 Å². The molecule has 0 saturated heterocycles. The first-order valence-corrected chi connectivity index (χ1v) is 7.74. The van der Waals surface area contributed by atoms with Gasteiger partial charge in [-0.25, -0.2) is 9.97 Å². The van der Waals surface area contributed by atoms with Crippen LogP contribution in [0.4, 0.5) is 11.8 Å². The van der Waals surface area contributed by atoms with Crippen LogP contribution in [0.25, 0.3) is 11.2 Å². The molecule has 0 aliphatic heterocycles. The number of thiazole rings is 1. The van der Waals surface area contributed by atoms with Crippen molar-refractivity contribution in [1.29, 1.82) is 0 Å². The summed E-state index contributed by atoms with van der Waals surface area (Å²) in [5, 5.41) is 9.60. The summed E-state index contributed by atoms with van der Waals surface area (Å²) in [5.74, 6) is 1.33. The van der Waals surface area contributed by atoms with Crippen molar-refractivity contribution < 1.29 is 0 Å². The quantitative estimate of drug-likeness (QED) is 0.648. The number of aromatic amines is 1. The second-order valence-corrected chi connectivity index (χ2v) is 5.70. The fraction of sp³-hybridized carbons (Fsp3) is 0.385. The standard InChI is InChI=1S/C13H17N7S/c1-3-4-14-13-19-11(10-12(20-13)17-7-16-10)15-5-9-6-21-8(2)18-9/h6-7H,3-5H2,1-2H3,(H3,14,15,16,17,19,20). The lowest BCUT2D eigenvalue weighted by Gasteiger charge is -2.08. The number of nitrogens with zero attached hydrogens (tertiary/aromatic N) is 4. The topological polar surface area (TPSA) is 91.4 Å². The zero-order valence-electron chi connectivity index (χ0n) is 12.0. The summed E-state index contributed by atoms with van der Waals surface area (Å²) in [7, 11) is 0. The van der Waals surface area contributed by atoms with Crippen LogP contribution in [0.2, 0.25) is 0 Å². The fourth-order valence-electron chi connectivity index (χ4n) is 1.94. The zero-order chi connectivity index (χ0) is 14.7. The van der Waals surface area contributed by atoms with E-state index in [1.807, 2.05) is 12.3 Å². The summed E-state index contributed by atoms with van der Waals surface area (Å²) in [6, 6.07) is 0. The molecular formula is C13H17N7S. The van der Waals surface area contributed by atoms with Gasteiger partial charge in [0.25, 0.3) is 0 Å². The van der Waals surface area contributed by atoms with E-state index in [0.29, 0.717) is 18.1 Å². The number of aromatic nitrogens is 5. The SMILES string of the molecule is CCCNc1nc(NCc2csc(C)n2)c2[nH]cnc2n1. The van der Waals surface area contributed by atoms with E-state index in [9.17, 15) is 0 Å². The number of H-pyrrole nitrogens is 1. The Morgan fingerprint density at radius 2 is 2.14 bits per heavy atom. The summed E-state index contributed by atoms with van der Waals surface area (Å²) >= 11 is 1.64. The smallest absolute Gasteiger partial charge is 0.226 e. The van der Waals surface area contributed by atoms with Crippen LogP contribution in [0.15, 0.2) is 11.7 Å². The third-order valence-corrected chi connectivity index (χ3v) is 3.74. The average molecular weight is 303 g/mol. The van der Waals surface area contributed by atoms with Crippen molar-refractivity contribution in [3.8, 4) is 0 Å². The molecule has 3 N–H and O–H groups in total. The molecule has 0 amide bonds. The summed E-state index contributed by atoms with van der Waals surface area (Å²) in [6.07, 6.45) is 2.64. The molecule has 3 rings (SSSR count). The van der Waals surface area contributed by atoms with Gasteiger partial charge in [0.15, 0.2) is 11.5 Å². The van der Waals surface area contributed by atoms with Gasteiger partial charge in [-0.15, -0.1) is 11.3 Å². The lowest BCUT2D eigenvalue weighted by Crippen LogP contribution is -2.08. The molecular weight excluding hydrogens is 286 g/mol. The van der Waals surface area contributed by atoms with E-state index in [1.54, 1.807) is 17.7 Å². The molecule has 0 fully saturated rings. The molecule has 0 aliphatic rings. The molecule has 110 valence electrons. The second kappa shape index (κ2) is 6.04. The molecule has 0 radical (unpaired) electrons. The minimum absolute atomic E-state index is 0.591. The van der Waals surface area contributed by atoms with Crippen molar-refractivity contribution in [3.05, 3.63) is 22.4 Å². The number of hydrogen-bond acceptors (Lipinski definition) is 7. The van der Waals surface area contributed by atoms with E-state index in [4.69, 9.17) is 0 Å². The van der Waals surface area contributed by atoms with Gasteiger partial charge in [0.1, 0.15) is 5.52 Å². The first kappa shape index (κ1) is 13.7. The van der Waals surface area contributed by atoms with Gasteiger partial charge in [-0.3, -0.25) is 0 Å². The van der Waals surface area contributed by atoms with Gasteiger partial charge in [0, 0.05) is 11.9 Å². The number of rotatable bonds is 6. The molecule has 0 saturated carbocycles. The van der Waals surface area contributed by atoms with Gasteiger partial charge in [-0.05, 0) is 13.3 Å².